The summed E-state index contributed by atoms with van der Waals surface area (Å²) < 4.78 is 1.70. The highest BCUT2D eigenvalue weighted by atomic mass is 16.2. The molecule has 0 saturated heterocycles. The fraction of sp³-hybridized carbons (Fsp3) is 0.200. The van der Waals surface area contributed by atoms with Crippen LogP contribution in [0.1, 0.15) is 34.5 Å². The van der Waals surface area contributed by atoms with Gasteiger partial charge in [-0.15, -0.1) is 0 Å². The van der Waals surface area contributed by atoms with E-state index in [2.05, 4.69) is 33.5 Å². The number of nitrogens with one attached hydrogen (secondary N) is 1. The molecule has 1 aliphatic heterocycles. The van der Waals surface area contributed by atoms with Crippen LogP contribution in [0.4, 0.5) is 5.82 Å². The van der Waals surface area contributed by atoms with Gasteiger partial charge in [-0.3, -0.25) is 9.59 Å². The molecule has 0 fully saturated rings. The lowest BCUT2D eigenvalue weighted by Gasteiger charge is -2.18. The molecule has 0 radical (unpaired) electrons. The molecule has 0 aliphatic carbocycles. The molecule has 7 nitrogen and oxygen atoms in total. The van der Waals surface area contributed by atoms with Gasteiger partial charge in [0.15, 0.2) is 0 Å². The SMILES string of the molecule is Cn1cnc(C(=O)Nc2ccc(/C=C/C(=O)N3CCC=C(c4ccccc4)CC3)cn2)c1. The lowest BCUT2D eigenvalue weighted by atomic mass is 10.0. The summed E-state index contributed by atoms with van der Waals surface area (Å²) in [4.78, 5) is 35.0. The van der Waals surface area contributed by atoms with Crippen LogP contribution in [0.2, 0.25) is 0 Å². The number of pyridine rings is 1. The van der Waals surface area contributed by atoms with E-state index in [1.165, 1.54) is 11.1 Å². The summed E-state index contributed by atoms with van der Waals surface area (Å²) in [7, 11) is 1.80. The van der Waals surface area contributed by atoms with Gasteiger partial charge in [-0.2, -0.15) is 0 Å². The van der Waals surface area contributed by atoms with Crippen LogP contribution in [-0.4, -0.2) is 44.3 Å². The number of amides is 2. The minimum absolute atomic E-state index is 0.0137. The van der Waals surface area contributed by atoms with E-state index >= 15 is 0 Å². The second-order valence-electron chi connectivity index (χ2n) is 7.65. The first-order valence-corrected chi connectivity index (χ1v) is 10.6. The highest BCUT2D eigenvalue weighted by Crippen LogP contribution is 2.22. The van der Waals surface area contributed by atoms with Crippen molar-refractivity contribution in [2.24, 2.45) is 7.05 Å². The lowest BCUT2D eigenvalue weighted by molar-refractivity contribution is -0.125. The van der Waals surface area contributed by atoms with Crippen LogP contribution >= 0.6 is 0 Å². The molecular weight excluding hydrogens is 402 g/mol. The Morgan fingerprint density at radius 1 is 1.06 bits per heavy atom. The number of benzene rings is 1. The molecule has 3 heterocycles. The van der Waals surface area contributed by atoms with Crippen molar-refractivity contribution in [3.8, 4) is 0 Å². The molecule has 0 bridgehead atoms. The molecule has 2 aromatic heterocycles. The van der Waals surface area contributed by atoms with Crippen molar-refractivity contribution in [2.45, 2.75) is 12.8 Å². The smallest absolute Gasteiger partial charge is 0.276 e. The molecule has 0 saturated carbocycles. The summed E-state index contributed by atoms with van der Waals surface area (Å²) in [5.74, 6) is 0.0950. The summed E-state index contributed by atoms with van der Waals surface area (Å²) in [6.07, 6.45) is 12.1. The van der Waals surface area contributed by atoms with E-state index in [0.29, 0.717) is 24.6 Å². The van der Waals surface area contributed by atoms with E-state index in [0.717, 1.165) is 18.4 Å². The van der Waals surface area contributed by atoms with Crippen molar-refractivity contribution in [3.63, 3.8) is 0 Å². The van der Waals surface area contributed by atoms with E-state index in [4.69, 9.17) is 0 Å². The average molecular weight is 428 g/mol. The van der Waals surface area contributed by atoms with Crippen LogP contribution in [0.15, 0.2) is 73.3 Å². The van der Waals surface area contributed by atoms with Crippen molar-refractivity contribution in [2.75, 3.05) is 18.4 Å². The minimum Gasteiger partial charge on any atom is -0.340 e. The number of nitrogens with zero attached hydrogens (tertiary/aromatic N) is 4. The van der Waals surface area contributed by atoms with E-state index in [1.807, 2.05) is 29.2 Å². The number of carbonyl (C=O) groups excluding carboxylic acids is 2. The monoisotopic (exact) mass is 427 g/mol. The molecule has 0 spiro atoms. The van der Waals surface area contributed by atoms with Gasteiger partial charge in [0, 0.05) is 38.6 Å². The molecule has 1 N–H and O–H groups in total. The van der Waals surface area contributed by atoms with Crippen molar-refractivity contribution < 1.29 is 9.59 Å². The van der Waals surface area contributed by atoms with Crippen LogP contribution in [0.3, 0.4) is 0 Å². The van der Waals surface area contributed by atoms with Crippen LogP contribution in [0.25, 0.3) is 11.6 Å². The van der Waals surface area contributed by atoms with Crippen molar-refractivity contribution >= 4 is 29.3 Å². The maximum absolute atomic E-state index is 12.7. The topological polar surface area (TPSA) is 80.1 Å². The number of aromatic nitrogens is 3. The van der Waals surface area contributed by atoms with Crippen LogP contribution in [0.5, 0.6) is 0 Å². The number of hydrogen-bond acceptors (Lipinski definition) is 4. The number of aryl methyl sites for hydroxylation is 1. The number of anilines is 1. The first kappa shape index (κ1) is 21.2. The van der Waals surface area contributed by atoms with Gasteiger partial charge in [0.25, 0.3) is 5.91 Å². The molecule has 0 unspecified atom stereocenters. The van der Waals surface area contributed by atoms with E-state index < -0.39 is 0 Å². The fourth-order valence-electron chi connectivity index (χ4n) is 3.56. The van der Waals surface area contributed by atoms with Crippen molar-refractivity contribution in [3.05, 3.63) is 90.2 Å². The number of carbonyl (C=O) groups is 2. The standard InChI is InChI=1S/C25H25N5O2/c1-29-17-22(27-18-29)25(32)28-23-11-9-19(16-26-23)10-12-24(31)30-14-5-8-21(13-15-30)20-6-3-2-4-7-20/h2-4,6-12,16-18H,5,13-15H2,1H3,(H,26,28,32)/b12-10+. The zero-order valence-electron chi connectivity index (χ0n) is 17.9. The van der Waals surface area contributed by atoms with Crippen LogP contribution in [-0.2, 0) is 11.8 Å². The average Bonchev–Trinajstić information content (AvgIpc) is 3.11. The van der Waals surface area contributed by atoms with E-state index in [1.54, 1.807) is 48.6 Å². The highest BCUT2D eigenvalue weighted by molar-refractivity contribution is 6.02. The molecule has 7 heteroatoms. The summed E-state index contributed by atoms with van der Waals surface area (Å²) >= 11 is 0. The predicted molar refractivity (Wildman–Crippen MR) is 125 cm³/mol. The first-order chi connectivity index (χ1) is 15.6. The zero-order chi connectivity index (χ0) is 22.3. The third-order valence-corrected chi connectivity index (χ3v) is 5.28. The van der Waals surface area contributed by atoms with Gasteiger partial charge in [0.1, 0.15) is 11.5 Å². The zero-order valence-corrected chi connectivity index (χ0v) is 17.9. The van der Waals surface area contributed by atoms with Gasteiger partial charge in [-0.1, -0.05) is 36.4 Å². The van der Waals surface area contributed by atoms with Gasteiger partial charge in [-0.25, -0.2) is 9.97 Å². The maximum atomic E-state index is 12.7. The molecular formula is C25H25N5O2. The number of hydrogen-bond donors (Lipinski definition) is 1. The molecule has 1 aliphatic rings. The largest absolute Gasteiger partial charge is 0.340 e. The second-order valence-corrected chi connectivity index (χ2v) is 7.65. The van der Waals surface area contributed by atoms with Gasteiger partial charge in [0.2, 0.25) is 5.91 Å². The van der Waals surface area contributed by atoms with E-state index in [-0.39, 0.29) is 11.8 Å². The maximum Gasteiger partial charge on any atom is 0.276 e. The molecule has 3 aromatic rings. The van der Waals surface area contributed by atoms with Gasteiger partial charge >= 0.3 is 0 Å². The lowest BCUT2D eigenvalue weighted by Crippen LogP contribution is -2.30. The molecule has 4 rings (SSSR count). The Hall–Kier alpha value is -4.00. The number of rotatable bonds is 5. The molecule has 1 aromatic carbocycles. The third kappa shape index (κ3) is 5.37. The van der Waals surface area contributed by atoms with Crippen LogP contribution < -0.4 is 5.32 Å². The Balaban J connectivity index is 1.31. The second kappa shape index (κ2) is 9.87. The Morgan fingerprint density at radius 3 is 2.62 bits per heavy atom. The minimum atomic E-state index is -0.318. The Morgan fingerprint density at radius 2 is 1.91 bits per heavy atom. The van der Waals surface area contributed by atoms with Gasteiger partial charge in [0.05, 0.1) is 6.33 Å². The summed E-state index contributed by atoms with van der Waals surface area (Å²) in [5.41, 5.74) is 3.62. The normalized spacial score (nSPS) is 14.2. The molecule has 32 heavy (non-hydrogen) atoms. The summed E-state index contributed by atoms with van der Waals surface area (Å²) in [6, 6.07) is 13.8. The Bertz CT molecular complexity index is 1150. The Kier molecular flexibility index (Phi) is 6.55. The van der Waals surface area contributed by atoms with Gasteiger partial charge < -0.3 is 14.8 Å². The third-order valence-electron chi connectivity index (χ3n) is 5.28. The fourth-order valence-corrected chi connectivity index (χ4v) is 3.56. The number of imidazole rings is 1. The summed E-state index contributed by atoms with van der Waals surface area (Å²) in [5, 5.41) is 2.71. The van der Waals surface area contributed by atoms with Crippen LogP contribution in [0, 0.1) is 0 Å². The van der Waals surface area contributed by atoms with E-state index in [9.17, 15) is 9.59 Å². The molecule has 162 valence electrons. The van der Waals surface area contributed by atoms with Gasteiger partial charge in [-0.05, 0) is 47.8 Å². The molecule has 2 amide bonds. The summed E-state index contributed by atoms with van der Waals surface area (Å²) in [6.45, 7) is 1.40. The van der Waals surface area contributed by atoms with Crippen molar-refractivity contribution in [1.82, 2.24) is 19.4 Å². The Labute approximate surface area is 187 Å². The quantitative estimate of drug-likeness (QED) is 0.629. The predicted octanol–water partition coefficient (Wildman–Crippen LogP) is 3.79. The highest BCUT2D eigenvalue weighted by Gasteiger charge is 2.15. The molecule has 0 atom stereocenters. The van der Waals surface area contributed by atoms with Crippen molar-refractivity contribution in [1.29, 1.82) is 0 Å². The first-order valence-electron chi connectivity index (χ1n) is 10.6.